The van der Waals surface area contributed by atoms with Crippen LogP contribution in [0, 0.1) is 5.41 Å². The molecule has 27 heavy (non-hydrogen) atoms. The minimum Gasteiger partial charge on any atom is -0.508 e. The van der Waals surface area contributed by atoms with Crippen LogP contribution in [0.2, 0.25) is 0 Å². The summed E-state index contributed by atoms with van der Waals surface area (Å²) < 4.78 is 5.49. The van der Waals surface area contributed by atoms with Crippen molar-refractivity contribution in [1.82, 2.24) is 0 Å². The summed E-state index contributed by atoms with van der Waals surface area (Å²) in [6.07, 6.45) is 0.733. The average Bonchev–Trinajstić information content (AvgIpc) is 2.69. The van der Waals surface area contributed by atoms with Crippen molar-refractivity contribution < 1.29 is 14.6 Å². The molecular formula is C24H24O3. The van der Waals surface area contributed by atoms with Gasteiger partial charge < -0.3 is 9.84 Å². The number of benzene rings is 3. The van der Waals surface area contributed by atoms with E-state index in [0.29, 0.717) is 5.75 Å². The normalized spacial score (nSPS) is 11.2. The smallest absolute Gasteiger partial charge is 0.316 e. The second-order valence-electron chi connectivity index (χ2n) is 7.28. The summed E-state index contributed by atoms with van der Waals surface area (Å²) in [6.45, 7) is 5.75. The van der Waals surface area contributed by atoms with Crippen LogP contribution in [0.5, 0.6) is 11.5 Å². The molecule has 0 amide bonds. The highest BCUT2D eigenvalue weighted by Gasteiger charge is 2.27. The minimum absolute atomic E-state index is 0.212. The van der Waals surface area contributed by atoms with Crippen LogP contribution in [0.15, 0.2) is 72.8 Å². The molecule has 0 spiro atoms. The van der Waals surface area contributed by atoms with Gasteiger partial charge in [-0.2, -0.15) is 0 Å². The van der Waals surface area contributed by atoms with Gasteiger partial charge in [0.1, 0.15) is 11.5 Å². The van der Waals surface area contributed by atoms with Crippen LogP contribution in [-0.2, 0) is 4.79 Å². The van der Waals surface area contributed by atoms with E-state index in [1.165, 1.54) is 0 Å². The molecule has 0 radical (unpaired) electrons. The molecule has 138 valence electrons. The van der Waals surface area contributed by atoms with Gasteiger partial charge in [-0.05, 0) is 66.8 Å². The van der Waals surface area contributed by atoms with Gasteiger partial charge in [0.05, 0.1) is 5.41 Å². The van der Waals surface area contributed by atoms with E-state index in [0.717, 1.165) is 28.7 Å². The van der Waals surface area contributed by atoms with E-state index in [9.17, 15) is 9.90 Å². The predicted octanol–water partition coefficient (Wildman–Crippen LogP) is 6.07. The van der Waals surface area contributed by atoms with E-state index in [-0.39, 0.29) is 11.7 Å². The first kappa shape index (κ1) is 18.7. The van der Waals surface area contributed by atoms with Crippen LogP contribution in [0.1, 0.15) is 27.2 Å². The molecule has 3 heteroatoms. The van der Waals surface area contributed by atoms with Crippen LogP contribution in [0.25, 0.3) is 22.3 Å². The number of carbonyl (C=O) groups excluding carboxylic acids is 1. The predicted molar refractivity (Wildman–Crippen MR) is 109 cm³/mol. The molecule has 3 aromatic carbocycles. The Hall–Kier alpha value is -3.07. The van der Waals surface area contributed by atoms with E-state index >= 15 is 0 Å². The Morgan fingerprint density at radius 3 is 1.56 bits per heavy atom. The lowest BCUT2D eigenvalue weighted by Gasteiger charge is -2.20. The van der Waals surface area contributed by atoms with Crippen LogP contribution in [0.4, 0.5) is 0 Å². The Labute approximate surface area is 160 Å². The molecule has 0 bridgehead atoms. The molecule has 0 saturated heterocycles. The highest BCUT2D eigenvalue weighted by Crippen LogP contribution is 2.28. The Morgan fingerprint density at radius 2 is 1.15 bits per heavy atom. The summed E-state index contributed by atoms with van der Waals surface area (Å²) in [5.41, 5.74) is 3.81. The van der Waals surface area contributed by atoms with E-state index in [1.807, 2.05) is 57.2 Å². The molecule has 1 N–H and O–H groups in total. The number of phenolic OH excluding ortho intramolecular Hbond substituents is 1. The van der Waals surface area contributed by atoms with Gasteiger partial charge >= 0.3 is 5.97 Å². The maximum Gasteiger partial charge on any atom is 0.316 e. The first-order valence-corrected chi connectivity index (χ1v) is 9.11. The molecule has 0 unspecified atom stereocenters. The second kappa shape index (κ2) is 7.67. The summed E-state index contributed by atoms with van der Waals surface area (Å²) >= 11 is 0. The summed E-state index contributed by atoms with van der Waals surface area (Å²) in [5, 5.41) is 9.40. The topological polar surface area (TPSA) is 46.5 Å². The molecule has 3 nitrogen and oxygen atoms in total. The lowest BCUT2D eigenvalue weighted by atomic mass is 9.91. The van der Waals surface area contributed by atoms with Gasteiger partial charge in [0.25, 0.3) is 0 Å². The van der Waals surface area contributed by atoms with Crippen molar-refractivity contribution in [1.29, 1.82) is 0 Å². The molecular weight excluding hydrogens is 336 g/mol. The minimum atomic E-state index is -0.483. The molecule has 0 aliphatic carbocycles. The summed E-state index contributed by atoms with van der Waals surface area (Å²) in [4.78, 5) is 12.2. The van der Waals surface area contributed by atoms with E-state index in [4.69, 9.17) is 4.74 Å². The van der Waals surface area contributed by atoms with Crippen molar-refractivity contribution in [3.63, 3.8) is 0 Å². The first-order valence-electron chi connectivity index (χ1n) is 9.11. The molecule has 0 heterocycles. The highest BCUT2D eigenvalue weighted by atomic mass is 16.5. The Kier molecular flexibility index (Phi) is 5.31. The van der Waals surface area contributed by atoms with Crippen molar-refractivity contribution in [3.8, 4) is 33.8 Å². The van der Waals surface area contributed by atoms with Gasteiger partial charge in [-0.1, -0.05) is 55.5 Å². The zero-order chi connectivity index (χ0) is 19.4. The number of hydrogen-bond acceptors (Lipinski definition) is 3. The number of phenols is 1. The SMILES string of the molecule is CCC(C)(C)C(=O)Oc1ccc(-c2ccc(-c3ccc(O)cc3)cc2)cc1. The maximum absolute atomic E-state index is 12.2. The fourth-order valence-electron chi connectivity index (χ4n) is 2.61. The second-order valence-corrected chi connectivity index (χ2v) is 7.28. The molecule has 3 rings (SSSR count). The fraction of sp³-hybridized carbons (Fsp3) is 0.208. The summed E-state index contributed by atoms with van der Waals surface area (Å²) in [5.74, 6) is 0.612. The number of esters is 1. The van der Waals surface area contributed by atoms with Gasteiger partial charge in [-0.3, -0.25) is 4.79 Å². The van der Waals surface area contributed by atoms with Crippen molar-refractivity contribution in [2.75, 3.05) is 0 Å². The quantitative estimate of drug-likeness (QED) is 0.444. The largest absolute Gasteiger partial charge is 0.508 e. The van der Waals surface area contributed by atoms with Crippen molar-refractivity contribution >= 4 is 5.97 Å². The van der Waals surface area contributed by atoms with Gasteiger partial charge in [0, 0.05) is 0 Å². The van der Waals surface area contributed by atoms with Crippen molar-refractivity contribution in [2.24, 2.45) is 5.41 Å². The van der Waals surface area contributed by atoms with Gasteiger partial charge in [0.15, 0.2) is 0 Å². The van der Waals surface area contributed by atoms with Gasteiger partial charge in [-0.15, -0.1) is 0 Å². The number of ether oxygens (including phenoxy) is 1. The first-order chi connectivity index (χ1) is 12.9. The van der Waals surface area contributed by atoms with Crippen LogP contribution in [-0.4, -0.2) is 11.1 Å². The number of carbonyl (C=O) groups is 1. The Bertz CT molecular complexity index is 905. The number of rotatable bonds is 5. The standard InChI is InChI=1S/C24H24O3/c1-4-24(2,3)23(26)27-22-15-11-20(12-16-22)18-7-5-17(6-8-18)19-9-13-21(25)14-10-19/h5-16,25H,4H2,1-3H3. The fourth-order valence-corrected chi connectivity index (χ4v) is 2.61. The van der Waals surface area contributed by atoms with Crippen molar-refractivity contribution in [2.45, 2.75) is 27.2 Å². The lowest BCUT2D eigenvalue weighted by Crippen LogP contribution is -2.28. The molecule has 3 aromatic rings. The molecule has 0 fully saturated rings. The van der Waals surface area contributed by atoms with Crippen molar-refractivity contribution in [3.05, 3.63) is 72.8 Å². The molecule has 0 aliphatic heterocycles. The van der Waals surface area contributed by atoms with Gasteiger partial charge in [-0.25, -0.2) is 0 Å². The van der Waals surface area contributed by atoms with Crippen LogP contribution in [0.3, 0.4) is 0 Å². The lowest BCUT2D eigenvalue weighted by molar-refractivity contribution is -0.144. The summed E-state index contributed by atoms with van der Waals surface area (Å²) in [7, 11) is 0. The third-order valence-electron chi connectivity index (χ3n) is 4.92. The zero-order valence-corrected chi connectivity index (χ0v) is 15.9. The average molecular weight is 360 g/mol. The van der Waals surface area contributed by atoms with Crippen LogP contribution >= 0.6 is 0 Å². The van der Waals surface area contributed by atoms with E-state index < -0.39 is 5.41 Å². The molecule has 0 atom stereocenters. The molecule has 0 aliphatic rings. The molecule has 0 saturated carbocycles. The maximum atomic E-state index is 12.2. The van der Waals surface area contributed by atoms with E-state index in [1.54, 1.807) is 12.1 Å². The highest BCUT2D eigenvalue weighted by molar-refractivity contribution is 5.78. The Morgan fingerprint density at radius 1 is 0.778 bits per heavy atom. The van der Waals surface area contributed by atoms with E-state index in [2.05, 4.69) is 24.3 Å². The Balaban J connectivity index is 1.73. The number of hydrogen-bond donors (Lipinski definition) is 1. The zero-order valence-electron chi connectivity index (χ0n) is 15.9. The van der Waals surface area contributed by atoms with Gasteiger partial charge in [0.2, 0.25) is 0 Å². The van der Waals surface area contributed by atoms with Crippen LogP contribution < -0.4 is 4.74 Å². The third-order valence-corrected chi connectivity index (χ3v) is 4.92. The molecule has 0 aromatic heterocycles. The third kappa shape index (κ3) is 4.37. The summed E-state index contributed by atoms with van der Waals surface area (Å²) in [6, 6.07) is 22.9. The number of aromatic hydroxyl groups is 1. The monoisotopic (exact) mass is 360 g/mol.